The van der Waals surface area contributed by atoms with Crippen molar-refractivity contribution in [3.05, 3.63) is 34.6 Å². The molecule has 0 spiro atoms. The van der Waals surface area contributed by atoms with Gasteiger partial charge in [0.1, 0.15) is 5.82 Å². The predicted octanol–water partition coefficient (Wildman–Crippen LogP) is 2.97. The van der Waals surface area contributed by atoms with Gasteiger partial charge in [-0.3, -0.25) is 0 Å². The van der Waals surface area contributed by atoms with E-state index in [0.717, 1.165) is 29.5 Å². The molecule has 0 aliphatic carbocycles. The van der Waals surface area contributed by atoms with Gasteiger partial charge in [-0.05, 0) is 55.5 Å². The Kier molecular flexibility index (Phi) is 2.72. The second-order valence-electron chi connectivity index (χ2n) is 5.81. The van der Waals surface area contributed by atoms with Gasteiger partial charge in [-0.15, -0.1) is 0 Å². The Balaban J connectivity index is 2.04. The van der Waals surface area contributed by atoms with E-state index in [1.807, 2.05) is 13.8 Å². The van der Waals surface area contributed by atoms with Gasteiger partial charge in [-0.25, -0.2) is 4.39 Å². The minimum absolute atomic E-state index is 0.164. The molecule has 2 unspecified atom stereocenters. The van der Waals surface area contributed by atoms with Crippen molar-refractivity contribution in [2.24, 2.45) is 0 Å². The van der Waals surface area contributed by atoms with E-state index in [2.05, 4.69) is 0 Å². The number of aryl methyl sites for hydroxylation is 2. The van der Waals surface area contributed by atoms with Crippen LogP contribution in [0.3, 0.4) is 0 Å². The van der Waals surface area contributed by atoms with Gasteiger partial charge in [-0.1, -0.05) is 0 Å². The van der Waals surface area contributed by atoms with Crippen LogP contribution in [0.15, 0.2) is 12.1 Å². The maximum atomic E-state index is 13.4. The first-order valence-electron chi connectivity index (χ1n) is 6.63. The average Bonchev–Trinajstić information content (AvgIpc) is 2.56. The molecule has 2 bridgehead atoms. The van der Waals surface area contributed by atoms with E-state index in [1.54, 1.807) is 0 Å². The molecule has 3 rings (SSSR count). The normalized spacial score (nSPS) is 34.9. The lowest BCUT2D eigenvalue weighted by atomic mass is 9.79. The van der Waals surface area contributed by atoms with Crippen LogP contribution in [0.4, 0.5) is 4.39 Å². The molecule has 1 N–H and O–H groups in total. The molecule has 2 aliphatic heterocycles. The minimum Gasteiger partial charge on any atom is -0.385 e. The summed E-state index contributed by atoms with van der Waals surface area (Å²) >= 11 is 0. The fraction of sp³-hybridized carbons (Fsp3) is 0.600. The quantitative estimate of drug-likeness (QED) is 0.830. The first kappa shape index (κ1) is 12.1. The highest BCUT2D eigenvalue weighted by Gasteiger charge is 2.45. The molecule has 0 saturated carbocycles. The second kappa shape index (κ2) is 4.04. The van der Waals surface area contributed by atoms with Crippen LogP contribution >= 0.6 is 0 Å². The van der Waals surface area contributed by atoms with Crippen molar-refractivity contribution in [2.75, 3.05) is 0 Å². The number of ether oxygens (including phenoxy) is 1. The van der Waals surface area contributed by atoms with Crippen LogP contribution in [-0.2, 0) is 10.3 Å². The zero-order chi connectivity index (χ0) is 12.9. The van der Waals surface area contributed by atoms with Crippen LogP contribution in [0, 0.1) is 19.7 Å². The summed E-state index contributed by atoms with van der Waals surface area (Å²) in [6.45, 7) is 3.75. The van der Waals surface area contributed by atoms with E-state index in [1.165, 1.54) is 12.1 Å². The molecule has 1 aromatic rings. The maximum absolute atomic E-state index is 13.4. The Bertz CT molecular complexity index is 448. The first-order chi connectivity index (χ1) is 8.48. The largest absolute Gasteiger partial charge is 0.385 e. The van der Waals surface area contributed by atoms with E-state index < -0.39 is 5.60 Å². The molecule has 0 aromatic heterocycles. The van der Waals surface area contributed by atoms with Crippen LogP contribution < -0.4 is 0 Å². The van der Waals surface area contributed by atoms with Crippen molar-refractivity contribution in [1.82, 2.24) is 0 Å². The second-order valence-corrected chi connectivity index (χ2v) is 5.81. The number of fused-ring (bicyclic) bond motifs is 2. The number of aliphatic hydroxyl groups is 1. The van der Waals surface area contributed by atoms with E-state index in [0.29, 0.717) is 12.8 Å². The number of rotatable bonds is 1. The lowest BCUT2D eigenvalue weighted by molar-refractivity contribution is -0.116. The summed E-state index contributed by atoms with van der Waals surface area (Å²) in [6, 6.07) is 3.02. The number of benzene rings is 1. The van der Waals surface area contributed by atoms with Crippen LogP contribution in [0.25, 0.3) is 0 Å². The third-order valence-electron chi connectivity index (χ3n) is 4.29. The van der Waals surface area contributed by atoms with Crippen molar-refractivity contribution in [3.63, 3.8) is 0 Å². The van der Waals surface area contributed by atoms with Crippen LogP contribution in [-0.4, -0.2) is 17.3 Å². The molecule has 98 valence electrons. The van der Waals surface area contributed by atoms with Gasteiger partial charge >= 0.3 is 0 Å². The van der Waals surface area contributed by atoms with Crippen LogP contribution in [0.2, 0.25) is 0 Å². The molecule has 1 aromatic carbocycles. The first-order valence-corrected chi connectivity index (χ1v) is 6.63. The number of hydrogen-bond donors (Lipinski definition) is 1. The summed E-state index contributed by atoms with van der Waals surface area (Å²) < 4.78 is 19.1. The van der Waals surface area contributed by atoms with Gasteiger partial charge in [0.05, 0.1) is 17.8 Å². The average molecular weight is 250 g/mol. The van der Waals surface area contributed by atoms with E-state index in [9.17, 15) is 9.50 Å². The van der Waals surface area contributed by atoms with Gasteiger partial charge in [0, 0.05) is 12.8 Å². The summed E-state index contributed by atoms with van der Waals surface area (Å²) in [6.07, 6.45) is 3.67. The summed E-state index contributed by atoms with van der Waals surface area (Å²) in [7, 11) is 0. The molecule has 2 atom stereocenters. The Morgan fingerprint density at radius 1 is 1.17 bits per heavy atom. The van der Waals surface area contributed by atoms with Gasteiger partial charge in [0.25, 0.3) is 0 Å². The lowest BCUT2D eigenvalue weighted by Gasteiger charge is -2.38. The van der Waals surface area contributed by atoms with Crippen LogP contribution in [0.1, 0.15) is 42.4 Å². The van der Waals surface area contributed by atoms with E-state index in [-0.39, 0.29) is 18.0 Å². The molecule has 0 amide bonds. The van der Waals surface area contributed by atoms with Gasteiger partial charge in [-0.2, -0.15) is 0 Å². The molecule has 2 saturated heterocycles. The number of halogens is 1. The molecular formula is C15H19FO2. The molecule has 2 aliphatic rings. The highest BCUT2D eigenvalue weighted by atomic mass is 19.1. The van der Waals surface area contributed by atoms with Crippen molar-refractivity contribution in [2.45, 2.75) is 57.3 Å². The molecule has 2 nitrogen and oxygen atoms in total. The fourth-order valence-corrected chi connectivity index (χ4v) is 3.77. The topological polar surface area (TPSA) is 29.5 Å². The fourth-order valence-electron chi connectivity index (χ4n) is 3.77. The zero-order valence-corrected chi connectivity index (χ0v) is 10.9. The van der Waals surface area contributed by atoms with E-state index in [4.69, 9.17) is 4.74 Å². The van der Waals surface area contributed by atoms with Gasteiger partial charge < -0.3 is 9.84 Å². The highest BCUT2D eigenvalue weighted by Crippen LogP contribution is 2.45. The molecule has 2 heterocycles. The third kappa shape index (κ3) is 1.86. The maximum Gasteiger partial charge on any atom is 0.123 e. The minimum atomic E-state index is -0.841. The highest BCUT2D eigenvalue weighted by molar-refractivity contribution is 5.39. The van der Waals surface area contributed by atoms with Gasteiger partial charge in [0.15, 0.2) is 0 Å². The van der Waals surface area contributed by atoms with Crippen molar-refractivity contribution >= 4 is 0 Å². The van der Waals surface area contributed by atoms with E-state index >= 15 is 0 Å². The molecule has 2 fully saturated rings. The summed E-state index contributed by atoms with van der Waals surface area (Å²) in [4.78, 5) is 0. The lowest BCUT2D eigenvalue weighted by Crippen LogP contribution is -2.39. The van der Waals surface area contributed by atoms with Gasteiger partial charge in [0.2, 0.25) is 0 Å². The zero-order valence-electron chi connectivity index (χ0n) is 10.9. The molecule has 18 heavy (non-hydrogen) atoms. The van der Waals surface area contributed by atoms with Crippen molar-refractivity contribution < 1.29 is 14.2 Å². The van der Waals surface area contributed by atoms with Crippen molar-refractivity contribution in [3.8, 4) is 0 Å². The molecule has 3 heteroatoms. The Morgan fingerprint density at radius 2 is 1.67 bits per heavy atom. The third-order valence-corrected chi connectivity index (χ3v) is 4.29. The Morgan fingerprint density at radius 3 is 2.17 bits per heavy atom. The smallest absolute Gasteiger partial charge is 0.123 e. The standard InChI is InChI=1S/C15H19FO2/c1-9-5-11(16)6-10(2)14(9)15(17)7-12-3-4-13(8-15)18-12/h5-6,12-13,17H,3-4,7-8H2,1-2H3. The Hall–Kier alpha value is -0.930. The number of hydrogen-bond acceptors (Lipinski definition) is 2. The van der Waals surface area contributed by atoms with Crippen LogP contribution in [0.5, 0.6) is 0 Å². The van der Waals surface area contributed by atoms with Crippen molar-refractivity contribution in [1.29, 1.82) is 0 Å². The molecule has 0 radical (unpaired) electrons. The monoisotopic (exact) mass is 250 g/mol. The SMILES string of the molecule is Cc1cc(F)cc(C)c1C1(O)CC2CCC(C1)O2. The summed E-state index contributed by atoms with van der Waals surface area (Å²) in [5, 5.41) is 11.0. The summed E-state index contributed by atoms with van der Waals surface area (Å²) in [5.41, 5.74) is 1.75. The molecular weight excluding hydrogens is 231 g/mol. The summed E-state index contributed by atoms with van der Waals surface area (Å²) in [5.74, 6) is -0.229. The predicted molar refractivity (Wildman–Crippen MR) is 66.9 cm³/mol. The Labute approximate surface area is 107 Å².